The van der Waals surface area contributed by atoms with Gasteiger partial charge in [-0.1, -0.05) is 31.4 Å². The van der Waals surface area contributed by atoms with E-state index >= 15 is 0 Å². The van der Waals surface area contributed by atoms with Gasteiger partial charge < -0.3 is 5.32 Å². The van der Waals surface area contributed by atoms with E-state index in [-0.39, 0.29) is 0 Å². The van der Waals surface area contributed by atoms with Crippen LogP contribution in [0.15, 0.2) is 12.2 Å². The first kappa shape index (κ1) is 7.35. The van der Waals surface area contributed by atoms with Crippen molar-refractivity contribution in [1.82, 2.24) is 5.32 Å². The van der Waals surface area contributed by atoms with Gasteiger partial charge in [0.25, 0.3) is 0 Å². The molecule has 0 bridgehead atoms. The van der Waals surface area contributed by atoms with E-state index in [4.69, 9.17) is 0 Å². The summed E-state index contributed by atoms with van der Waals surface area (Å²) in [4.78, 5) is 0. The fourth-order valence-corrected chi connectivity index (χ4v) is 2.30. The first-order chi connectivity index (χ1) is 5.41. The Labute approximate surface area is 68.9 Å². The summed E-state index contributed by atoms with van der Waals surface area (Å²) in [6, 6.07) is 0. The Bertz CT molecular complexity index is 154. The minimum absolute atomic E-state index is 0.427. The topological polar surface area (TPSA) is 12.0 Å². The third-order valence-corrected chi connectivity index (χ3v) is 2.97. The lowest BCUT2D eigenvalue weighted by Gasteiger charge is -2.37. The largest absolute Gasteiger partial charge is 0.308 e. The Morgan fingerprint density at radius 1 is 1.09 bits per heavy atom. The van der Waals surface area contributed by atoms with Crippen LogP contribution in [0.5, 0.6) is 0 Å². The summed E-state index contributed by atoms with van der Waals surface area (Å²) < 4.78 is 0. The molecule has 2 aliphatic rings. The molecule has 0 aromatic heterocycles. The van der Waals surface area contributed by atoms with Gasteiger partial charge in [0.1, 0.15) is 0 Å². The third-order valence-electron chi connectivity index (χ3n) is 2.97. The van der Waals surface area contributed by atoms with Crippen molar-refractivity contribution in [2.24, 2.45) is 0 Å². The Morgan fingerprint density at radius 2 is 1.91 bits per heavy atom. The monoisotopic (exact) mass is 151 g/mol. The average molecular weight is 151 g/mol. The van der Waals surface area contributed by atoms with E-state index in [9.17, 15) is 0 Å². The van der Waals surface area contributed by atoms with E-state index in [0.717, 1.165) is 0 Å². The van der Waals surface area contributed by atoms with Crippen LogP contribution < -0.4 is 5.32 Å². The van der Waals surface area contributed by atoms with E-state index in [0.29, 0.717) is 5.54 Å². The maximum Gasteiger partial charge on any atom is 0.0364 e. The van der Waals surface area contributed by atoms with Crippen LogP contribution in [-0.4, -0.2) is 12.1 Å². The Kier molecular flexibility index (Phi) is 1.99. The maximum atomic E-state index is 3.65. The molecule has 0 aromatic carbocycles. The molecular formula is C10H17N. The van der Waals surface area contributed by atoms with Crippen LogP contribution in [0, 0.1) is 0 Å². The zero-order chi connectivity index (χ0) is 7.57. The molecule has 1 aliphatic heterocycles. The van der Waals surface area contributed by atoms with Crippen molar-refractivity contribution in [3.8, 4) is 0 Å². The van der Waals surface area contributed by atoms with E-state index in [2.05, 4.69) is 17.5 Å². The fraction of sp³-hybridized carbons (Fsp3) is 0.800. The number of rotatable bonds is 0. The number of nitrogens with one attached hydrogen (secondary N) is 1. The summed E-state index contributed by atoms with van der Waals surface area (Å²) in [7, 11) is 0. The molecule has 0 amide bonds. The van der Waals surface area contributed by atoms with Crippen molar-refractivity contribution in [1.29, 1.82) is 0 Å². The van der Waals surface area contributed by atoms with Crippen LogP contribution in [0.1, 0.15) is 38.5 Å². The molecule has 1 saturated carbocycles. The average Bonchev–Trinajstić information content (AvgIpc) is 2.07. The van der Waals surface area contributed by atoms with Crippen molar-refractivity contribution in [2.45, 2.75) is 44.1 Å². The van der Waals surface area contributed by atoms with Crippen LogP contribution in [0.2, 0.25) is 0 Å². The molecule has 0 atom stereocenters. The number of hydrogen-bond donors (Lipinski definition) is 1. The van der Waals surface area contributed by atoms with Crippen LogP contribution >= 0.6 is 0 Å². The third kappa shape index (κ3) is 1.48. The second-order valence-electron chi connectivity index (χ2n) is 3.83. The summed E-state index contributed by atoms with van der Waals surface area (Å²) in [5, 5.41) is 3.65. The molecule has 1 fully saturated rings. The molecule has 62 valence electrons. The van der Waals surface area contributed by atoms with Gasteiger partial charge in [-0.25, -0.2) is 0 Å². The van der Waals surface area contributed by atoms with E-state index in [1.54, 1.807) is 0 Å². The first-order valence-electron chi connectivity index (χ1n) is 4.84. The van der Waals surface area contributed by atoms with Crippen LogP contribution in [0.4, 0.5) is 0 Å². The zero-order valence-corrected chi connectivity index (χ0v) is 7.10. The molecule has 0 radical (unpaired) electrons. The Morgan fingerprint density at radius 3 is 2.55 bits per heavy atom. The Balaban J connectivity index is 2.06. The minimum atomic E-state index is 0.427. The highest BCUT2D eigenvalue weighted by Gasteiger charge is 2.29. The molecular weight excluding hydrogens is 134 g/mol. The Hall–Kier alpha value is -0.300. The predicted molar refractivity (Wildman–Crippen MR) is 47.6 cm³/mol. The van der Waals surface area contributed by atoms with E-state index in [1.165, 1.54) is 45.1 Å². The summed E-state index contributed by atoms with van der Waals surface area (Å²) in [5.74, 6) is 0. The predicted octanol–water partition coefficient (Wildman–Crippen LogP) is 2.24. The molecule has 2 rings (SSSR count). The van der Waals surface area contributed by atoms with Gasteiger partial charge in [-0.05, 0) is 25.8 Å². The van der Waals surface area contributed by atoms with Gasteiger partial charge in [0.2, 0.25) is 0 Å². The van der Waals surface area contributed by atoms with Crippen molar-refractivity contribution < 1.29 is 0 Å². The highest BCUT2D eigenvalue weighted by Crippen LogP contribution is 2.30. The molecule has 0 unspecified atom stereocenters. The summed E-state index contributed by atoms with van der Waals surface area (Å²) >= 11 is 0. The van der Waals surface area contributed by atoms with Crippen LogP contribution in [-0.2, 0) is 0 Å². The molecule has 0 saturated heterocycles. The normalized spacial score (nSPS) is 29.1. The van der Waals surface area contributed by atoms with Crippen LogP contribution in [0.25, 0.3) is 0 Å². The van der Waals surface area contributed by atoms with Crippen molar-refractivity contribution in [3.05, 3.63) is 12.2 Å². The molecule has 11 heavy (non-hydrogen) atoms. The standard InChI is InChI=1S/C10H17N/c1-2-6-10(7-3-1)8-4-5-9-11-10/h4,8,11H,1-3,5-7,9H2. The molecule has 1 spiro atoms. The summed E-state index contributed by atoms with van der Waals surface area (Å²) in [6.45, 7) is 1.19. The molecule has 0 aromatic rings. The van der Waals surface area contributed by atoms with E-state index in [1.807, 2.05) is 0 Å². The van der Waals surface area contributed by atoms with E-state index < -0.39 is 0 Å². The quantitative estimate of drug-likeness (QED) is 0.523. The SMILES string of the molecule is C1=CC2(CCCCC2)NCC1. The van der Waals surface area contributed by atoms with Gasteiger partial charge in [0.15, 0.2) is 0 Å². The smallest absolute Gasteiger partial charge is 0.0364 e. The van der Waals surface area contributed by atoms with Gasteiger partial charge >= 0.3 is 0 Å². The minimum Gasteiger partial charge on any atom is -0.308 e. The molecule has 1 aliphatic carbocycles. The van der Waals surface area contributed by atoms with Gasteiger partial charge in [-0.15, -0.1) is 0 Å². The molecule has 1 heteroatoms. The van der Waals surface area contributed by atoms with Crippen LogP contribution in [0.3, 0.4) is 0 Å². The highest BCUT2D eigenvalue weighted by atomic mass is 15.0. The van der Waals surface area contributed by atoms with Gasteiger partial charge in [0.05, 0.1) is 0 Å². The lowest BCUT2D eigenvalue weighted by Crippen LogP contribution is -2.47. The summed E-state index contributed by atoms with van der Waals surface area (Å²) in [6.07, 6.45) is 13.0. The molecule has 1 N–H and O–H groups in total. The van der Waals surface area contributed by atoms with Gasteiger partial charge in [-0.2, -0.15) is 0 Å². The molecule has 1 heterocycles. The van der Waals surface area contributed by atoms with Gasteiger partial charge in [-0.3, -0.25) is 0 Å². The maximum absolute atomic E-state index is 3.65. The highest BCUT2D eigenvalue weighted by molar-refractivity contribution is 5.11. The fourth-order valence-electron chi connectivity index (χ4n) is 2.30. The van der Waals surface area contributed by atoms with Gasteiger partial charge in [0, 0.05) is 5.54 Å². The van der Waals surface area contributed by atoms with Crippen molar-refractivity contribution in [2.75, 3.05) is 6.54 Å². The molecule has 1 nitrogen and oxygen atoms in total. The van der Waals surface area contributed by atoms with Crippen molar-refractivity contribution in [3.63, 3.8) is 0 Å². The summed E-state index contributed by atoms with van der Waals surface area (Å²) in [5.41, 5.74) is 0.427. The lowest BCUT2D eigenvalue weighted by molar-refractivity contribution is 0.283. The second-order valence-corrected chi connectivity index (χ2v) is 3.83. The van der Waals surface area contributed by atoms with Crippen molar-refractivity contribution >= 4 is 0 Å². The first-order valence-corrected chi connectivity index (χ1v) is 4.84. The number of hydrogen-bond acceptors (Lipinski definition) is 1. The second kappa shape index (κ2) is 2.98. The lowest BCUT2D eigenvalue weighted by atomic mass is 9.80. The zero-order valence-electron chi connectivity index (χ0n) is 7.10.